The Bertz CT molecular complexity index is 1800. The number of aromatic nitrogens is 1. The summed E-state index contributed by atoms with van der Waals surface area (Å²) in [6, 6.07) is 20.7. The van der Waals surface area contributed by atoms with Crippen LogP contribution in [0.2, 0.25) is 5.02 Å². The van der Waals surface area contributed by atoms with Gasteiger partial charge in [-0.25, -0.2) is 9.78 Å². The predicted molar refractivity (Wildman–Crippen MR) is 177 cm³/mol. The summed E-state index contributed by atoms with van der Waals surface area (Å²) in [4.78, 5) is 59.4. The number of fused-ring (bicyclic) bond motifs is 2. The Labute approximate surface area is 276 Å². The topological polar surface area (TPSA) is 93.6 Å². The lowest BCUT2D eigenvalue weighted by atomic mass is 9.81. The average Bonchev–Trinajstić information content (AvgIpc) is 3.24. The third kappa shape index (κ3) is 5.61. The van der Waals surface area contributed by atoms with Crippen LogP contribution in [0.25, 0.3) is 22.2 Å². The third-order valence-electron chi connectivity index (χ3n) is 8.36. The first-order valence-electron chi connectivity index (χ1n) is 14.2. The normalized spacial score (nSPS) is 22.2. The Balaban J connectivity index is 1.30. The number of amides is 2. The lowest BCUT2D eigenvalue weighted by Crippen LogP contribution is -2.34. The zero-order chi connectivity index (χ0) is 31.3. The molecule has 224 valence electrons. The van der Waals surface area contributed by atoms with Gasteiger partial charge >= 0.3 is 5.97 Å². The number of alkyl halides is 2. The van der Waals surface area contributed by atoms with Crippen molar-refractivity contribution in [2.24, 2.45) is 11.8 Å². The van der Waals surface area contributed by atoms with Crippen LogP contribution in [0.5, 0.6) is 0 Å². The summed E-state index contributed by atoms with van der Waals surface area (Å²) in [5, 5.41) is 1.02. The van der Waals surface area contributed by atoms with Crippen molar-refractivity contribution in [3.63, 3.8) is 0 Å². The number of esters is 1. The van der Waals surface area contributed by atoms with Gasteiger partial charge in [-0.2, -0.15) is 0 Å². The van der Waals surface area contributed by atoms with Gasteiger partial charge in [0, 0.05) is 31.2 Å². The first-order chi connectivity index (χ1) is 21.0. The number of para-hydroxylation sites is 1. The fraction of sp³-hybridized carbons (Fsp3) is 0.265. The molecule has 0 N–H and O–H groups in total. The Morgan fingerprint density at radius 3 is 2.20 bits per heavy atom. The van der Waals surface area contributed by atoms with Crippen molar-refractivity contribution in [1.82, 2.24) is 4.98 Å². The van der Waals surface area contributed by atoms with Crippen LogP contribution in [0.1, 0.15) is 46.0 Å². The molecule has 6 rings (SSSR count). The van der Waals surface area contributed by atoms with Gasteiger partial charge in [0.1, 0.15) is 0 Å². The number of ketones is 1. The molecule has 5 unspecified atom stereocenters. The number of carbonyl (C=O) groups excluding carboxylic acids is 4. The van der Waals surface area contributed by atoms with Crippen LogP contribution in [-0.4, -0.2) is 44.3 Å². The van der Waals surface area contributed by atoms with Gasteiger partial charge in [0.05, 0.1) is 34.3 Å². The van der Waals surface area contributed by atoms with E-state index in [1.807, 2.05) is 19.1 Å². The van der Waals surface area contributed by atoms with Crippen LogP contribution in [0, 0.1) is 18.8 Å². The van der Waals surface area contributed by atoms with E-state index in [9.17, 15) is 19.2 Å². The number of rotatable bonds is 6. The van der Waals surface area contributed by atoms with E-state index in [1.54, 1.807) is 54.6 Å². The second-order valence-corrected chi connectivity index (χ2v) is 14.0. The molecule has 1 saturated heterocycles. The van der Waals surface area contributed by atoms with E-state index in [1.165, 1.54) is 17.9 Å². The molecule has 1 aliphatic heterocycles. The lowest BCUT2D eigenvalue weighted by Gasteiger charge is -2.29. The highest BCUT2D eigenvalue weighted by molar-refractivity contribution is 9.12. The minimum absolute atomic E-state index is 0.129. The molecule has 1 aliphatic carbocycles. The molecule has 0 radical (unpaired) electrons. The number of carbonyl (C=O) groups is 4. The number of hydrogen-bond donors (Lipinski definition) is 0. The van der Waals surface area contributed by atoms with E-state index in [4.69, 9.17) is 21.3 Å². The molecule has 2 aliphatic rings. The maximum absolute atomic E-state index is 13.5. The Hall–Kier alpha value is -3.40. The Morgan fingerprint density at radius 2 is 1.57 bits per heavy atom. The summed E-state index contributed by atoms with van der Waals surface area (Å²) >= 11 is 13.3. The molecule has 4 aromatic rings. The van der Waals surface area contributed by atoms with Crippen molar-refractivity contribution in [3.05, 3.63) is 94.5 Å². The van der Waals surface area contributed by atoms with E-state index in [0.717, 1.165) is 5.56 Å². The van der Waals surface area contributed by atoms with Crippen molar-refractivity contribution in [2.75, 3.05) is 4.90 Å². The van der Waals surface area contributed by atoms with Gasteiger partial charge in [-0.15, -0.1) is 0 Å². The van der Waals surface area contributed by atoms with E-state index in [2.05, 4.69) is 31.9 Å². The molecule has 10 heteroatoms. The zero-order valence-electron chi connectivity index (χ0n) is 23.8. The van der Waals surface area contributed by atoms with Gasteiger partial charge < -0.3 is 4.74 Å². The number of halogens is 3. The smallest absolute Gasteiger partial charge is 0.339 e. The van der Waals surface area contributed by atoms with Crippen LogP contribution >= 0.6 is 43.5 Å². The molecule has 3 aromatic carbocycles. The van der Waals surface area contributed by atoms with Gasteiger partial charge in [0.2, 0.25) is 17.6 Å². The number of anilines is 1. The molecule has 2 amide bonds. The third-order valence-corrected chi connectivity index (χ3v) is 11.3. The zero-order valence-corrected chi connectivity index (χ0v) is 27.7. The van der Waals surface area contributed by atoms with Crippen molar-refractivity contribution in [3.8, 4) is 11.3 Å². The molecule has 1 aromatic heterocycles. The fourth-order valence-electron chi connectivity index (χ4n) is 5.99. The first-order valence-corrected chi connectivity index (χ1v) is 16.4. The predicted octanol–water partition coefficient (Wildman–Crippen LogP) is 7.72. The van der Waals surface area contributed by atoms with Crippen LogP contribution < -0.4 is 4.90 Å². The molecule has 7 nitrogen and oxygen atoms in total. The summed E-state index contributed by atoms with van der Waals surface area (Å²) in [6.07, 6.45) is 0.153. The second kappa shape index (κ2) is 12.2. The van der Waals surface area contributed by atoms with Gasteiger partial charge in [0.25, 0.3) is 0 Å². The quantitative estimate of drug-likeness (QED) is 0.0871. The van der Waals surface area contributed by atoms with Gasteiger partial charge in [-0.05, 0) is 62.6 Å². The van der Waals surface area contributed by atoms with E-state index in [0.29, 0.717) is 51.3 Å². The number of aryl methyl sites for hydroxylation is 1. The highest BCUT2D eigenvalue weighted by Crippen LogP contribution is 2.44. The van der Waals surface area contributed by atoms with Crippen LogP contribution in [-0.2, 0) is 14.3 Å². The summed E-state index contributed by atoms with van der Waals surface area (Å²) in [6.45, 7) is 3.43. The van der Waals surface area contributed by atoms with Crippen molar-refractivity contribution in [2.45, 2.75) is 42.4 Å². The SMILES string of the molecule is Cc1cccc2c(C(=O)OC(C)C(=O)c3cccc(Cl)c3)cc(-c3ccc(N4C(=O)C5CC(Br)C(Br)CC5C4=O)cc3)nc12. The molecular weight excluding hydrogens is 712 g/mol. The largest absolute Gasteiger partial charge is 0.451 e. The highest BCUT2D eigenvalue weighted by Gasteiger charge is 2.52. The molecule has 1 saturated carbocycles. The summed E-state index contributed by atoms with van der Waals surface area (Å²) in [5.41, 5.74) is 3.81. The first kappa shape index (κ1) is 30.6. The number of hydrogen-bond acceptors (Lipinski definition) is 6. The second-order valence-electron chi connectivity index (χ2n) is 11.2. The van der Waals surface area contributed by atoms with Gasteiger partial charge in [-0.1, -0.05) is 85.9 Å². The average molecular weight is 739 g/mol. The van der Waals surface area contributed by atoms with E-state index in [-0.39, 0.29) is 44.7 Å². The van der Waals surface area contributed by atoms with Crippen LogP contribution in [0.15, 0.2) is 72.8 Å². The molecule has 44 heavy (non-hydrogen) atoms. The number of imide groups is 1. The summed E-state index contributed by atoms with van der Waals surface area (Å²) in [7, 11) is 0. The minimum atomic E-state index is -1.05. The van der Waals surface area contributed by atoms with E-state index >= 15 is 0 Å². The number of ether oxygens (including phenoxy) is 1. The molecule has 5 atom stereocenters. The molecule has 2 heterocycles. The van der Waals surface area contributed by atoms with Crippen LogP contribution in [0.3, 0.4) is 0 Å². The lowest BCUT2D eigenvalue weighted by molar-refractivity contribution is -0.122. The van der Waals surface area contributed by atoms with E-state index < -0.39 is 12.1 Å². The monoisotopic (exact) mass is 736 g/mol. The molecule has 2 fully saturated rings. The van der Waals surface area contributed by atoms with Gasteiger partial charge in [0.15, 0.2) is 6.10 Å². The molecular formula is C34H27Br2ClN2O5. The van der Waals surface area contributed by atoms with Gasteiger partial charge in [-0.3, -0.25) is 19.3 Å². The van der Waals surface area contributed by atoms with Crippen molar-refractivity contribution < 1.29 is 23.9 Å². The highest BCUT2D eigenvalue weighted by atomic mass is 79.9. The number of pyridine rings is 1. The number of Topliss-reactive ketones (excluding diaryl/α,β-unsaturated/α-hetero) is 1. The summed E-state index contributed by atoms with van der Waals surface area (Å²) < 4.78 is 5.66. The Morgan fingerprint density at radius 1 is 0.932 bits per heavy atom. The number of benzene rings is 3. The molecule has 0 bridgehead atoms. The van der Waals surface area contributed by atoms with Crippen molar-refractivity contribution >= 4 is 83.6 Å². The minimum Gasteiger partial charge on any atom is -0.451 e. The number of nitrogens with zero attached hydrogens (tertiary/aromatic N) is 2. The maximum Gasteiger partial charge on any atom is 0.339 e. The Kier molecular flexibility index (Phi) is 8.48. The standard InChI is InChI=1S/C34H27Br2ClN2O5/c1-17-5-3-8-23-26(34(43)44-18(2)31(40)20-6-4-7-21(37)13-20)16-29(38-30(17)23)19-9-11-22(12-10-19)39-32(41)24-14-27(35)28(36)15-25(24)33(39)42/h3-13,16,18,24-25,27-28H,14-15H2,1-2H3. The van der Waals surface area contributed by atoms with Crippen LogP contribution in [0.4, 0.5) is 5.69 Å². The van der Waals surface area contributed by atoms with Crippen molar-refractivity contribution in [1.29, 1.82) is 0 Å². The molecule has 0 spiro atoms. The summed E-state index contributed by atoms with van der Waals surface area (Å²) in [5.74, 6) is -2.06. The fourth-order valence-corrected chi connectivity index (χ4v) is 7.42. The maximum atomic E-state index is 13.5.